The van der Waals surface area contributed by atoms with Gasteiger partial charge in [0.25, 0.3) is 5.91 Å². The van der Waals surface area contributed by atoms with E-state index in [1.54, 1.807) is 29.2 Å². The second-order valence-electron chi connectivity index (χ2n) is 8.28. The summed E-state index contributed by atoms with van der Waals surface area (Å²) in [6.45, 7) is 2.68. The molecule has 32 heavy (non-hydrogen) atoms. The quantitative estimate of drug-likeness (QED) is 0.316. The molecule has 160 valence electrons. The third kappa shape index (κ3) is 3.82. The number of fused-ring (bicyclic) bond motifs is 2. The van der Waals surface area contributed by atoms with Gasteiger partial charge in [-0.1, -0.05) is 54.4 Å². The second-order valence-corrected chi connectivity index (χ2v) is 8.28. The van der Waals surface area contributed by atoms with Crippen LogP contribution in [0.1, 0.15) is 47.2 Å². The topological polar surface area (TPSA) is 59.0 Å². The Morgan fingerprint density at radius 2 is 1.81 bits per heavy atom. The molecule has 2 aliphatic rings. The van der Waals surface area contributed by atoms with Crippen molar-refractivity contribution in [2.24, 2.45) is 4.99 Å². The Balaban J connectivity index is 1.57. The Morgan fingerprint density at radius 3 is 2.66 bits per heavy atom. The molecule has 0 atom stereocenters. The van der Waals surface area contributed by atoms with Crippen molar-refractivity contribution in [1.29, 1.82) is 0 Å². The lowest BCUT2D eigenvalue weighted by molar-refractivity contribution is -0.122. The number of amides is 1. The first kappa shape index (κ1) is 20.2. The molecule has 2 heterocycles. The first-order valence-electron chi connectivity index (χ1n) is 11.0. The standard InChI is InChI=1S/C27H24N2O3/c1-18-10-12-20(13-11-18)27(31)32-24-15-14-19-7-4-5-8-21(19)22(24)17-23-26(30)29-16-6-2-3-9-25(29)28-23/h4-5,7-8,10-15,17H,2-3,6,9,16H2,1H3/b23-17-. The summed E-state index contributed by atoms with van der Waals surface area (Å²) in [4.78, 5) is 32.3. The molecule has 0 aromatic heterocycles. The van der Waals surface area contributed by atoms with Gasteiger partial charge < -0.3 is 4.74 Å². The van der Waals surface area contributed by atoms with Gasteiger partial charge in [0.15, 0.2) is 0 Å². The van der Waals surface area contributed by atoms with Gasteiger partial charge in [-0.25, -0.2) is 9.79 Å². The van der Waals surface area contributed by atoms with E-state index in [0.717, 1.165) is 47.9 Å². The molecule has 5 nitrogen and oxygen atoms in total. The molecule has 5 rings (SSSR count). The van der Waals surface area contributed by atoms with Gasteiger partial charge in [0.2, 0.25) is 0 Å². The monoisotopic (exact) mass is 424 g/mol. The Kier molecular flexibility index (Phi) is 5.31. The molecule has 3 aromatic rings. The smallest absolute Gasteiger partial charge is 0.343 e. The third-order valence-corrected chi connectivity index (χ3v) is 6.01. The largest absolute Gasteiger partial charge is 0.422 e. The van der Waals surface area contributed by atoms with E-state index < -0.39 is 5.97 Å². The summed E-state index contributed by atoms with van der Waals surface area (Å²) in [6, 6.07) is 18.8. The zero-order valence-corrected chi connectivity index (χ0v) is 18.0. The van der Waals surface area contributed by atoms with Crippen molar-refractivity contribution in [3.8, 4) is 5.75 Å². The highest BCUT2D eigenvalue weighted by molar-refractivity contribution is 6.15. The van der Waals surface area contributed by atoms with Crippen LogP contribution in [0.15, 0.2) is 71.4 Å². The van der Waals surface area contributed by atoms with Gasteiger partial charge in [-0.05, 0) is 54.8 Å². The fraction of sp³-hybridized carbons (Fsp3) is 0.222. The number of hydrogen-bond donors (Lipinski definition) is 0. The minimum atomic E-state index is -0.432. The summed E-state index contributed by atoms with van der Waals surface area (Å²) in [5.41, 5.74) is 2.64. The average molecular weight is 425 g/mol. The zero-order valence-electron chi connectivity index (χ0n) is 18.0. The van der Waals surface area contributed by atoms with Crippen molar-refractivity contribution >= 4 is 34.6 Å². The molecule has 0 N–H and O–H groups in total. The maximum Gasteiger partial charge on any atom is 0.343 e. The van der Waals surface area contributed by atoms with Crippen LogP contribution >= 0.6 is 0 Å². The lowest BCUT2D eigenvalue weighted by atomic mass is 10.0. The summed E-state index contributed by atoms with van der Waals surface area (Å²) in [5.74, 6) is 0.748. The van der Waals surface area contributed by atoms with Gasteiger partial charge >= 0.3 is 5.97 Å². The molecule has 1 saturated heterocycles. The number of ether oxygens (including phenoxy) is 1. The summed E-state index contributed by atoms with van der Waals surface area (Å²) in [6.07, 6.45) is 5.73. The molecule has 0 spiro atoms. The van der Waals surface area contributed by atoms with Crippen molar-refractivity contribution in [3.63, 3.8) is 0 Å². The second kappa shape index (κ2) is 8.42. The van der Waals surface area contributed by atoms with Crippen molar-refractivity contribution in [2.45, 2.75) is 32.6 Å². The van der Waals surface area contributed by atoms with Crippen LogP contribution in [0.25, 0.3) is 16.8 Å². The van der Waals surface area contributed by atoms with Crippen LogP contribution in [0.2, 0.25) is 0 Å². The minimum Gasteiger partial charge on any atom is -0.422 e. The van der Waals surface area contributed by atoms with E-state index >= 15 is 0 Å². The van der Waals surface area contributed by atoms with E-state index in [1.807, 2.05) is 49.4 Å². The normalized spacial score (nSPS) is 17.3. The van der Waals surface area contributed by atoms with Gasteiger partial charge in [-0.15, -0.1) is 0 Å². The number of rotatable bonds is 3. The maximum atomic E-state index is 13.1. The molecule has 0 unspecified atom stereocenters. The Labute approximate surface area is 187 Å². The Hall–Kier alpha value is -3.73. The number of amidine groups is 1. The van der Waals surface area contributed by atoms with Crippen LogP contribution < -0.4 is 4.74 Å². The number of nitrogens with zero attached hydrogens (tertiary/aromatic N) is 2. The van der Waals surface area contributed by atoms with Crippen molar-refractivity contribution in [3.05, 3.63) is 83.1 Å². The highest BCUT2D eigenvalue weighted by Gasteiger charge is 2.31. The van der Waals surface area contributed by atoms with E-state index in [-0.39, 0.29) is 5.91 Å². The molecule has 0 saturated carbocycles. The molecule has 0 bridgehead atoms. The molecule has 1 fully saturated rings. The van der Waals surface area contributed by atoms with Crippen LogP contribution in [-0.4, -0.2) is 29.2 Å². The van der Waals surface area contributed by atoms with Crippen LogP contribution in [0.4, 0.5) is 0 Å². The first-order valence-corrected chi connectivity index (χ1v) is 11.0. The summed E-state index contributed by atoms with van der Waals surface area (Å²) < 4.78 is 5.81. The summed E-state index contributed by atoms with van der Waals surface area (Å²) >= 11 is 0. The van der Waals surface area contributed by atoms with E-state index in [1.165, 1.54) is 0 Å². The Morgan fingerprint density at radius 1 is 1.00 bits per heavy atom. The molecule has 2 aliphatic heterocycles. The molecule has 5 heteroatoms. The number of carbonyl (C=O) groups excluding carboxylic acids is 2. The predicted molar refractivity (Wildman–Crippen MR) is 126 cm³/mol. The van der Waals surface area contributed by atoms with Crippen molar-refractivity contribution < 1.29 is 14.3 Å². The van der Waals surface area contributed by atoms with Gasteiger partial charge in [-0.2, -0.15) is 0 Å². The highest BCUT2D eigenvalue weighted by atomic mass is 16.5. The lowest BCUT2D eigenvalue weighted by Crippen LogP contribution is -2.31. The fourth-order valence-electron chi connectivity index (χ4n) is 4.25. The van der Waals surface area contributed by atoms with E-state index in [4.69, 9.17) is 4.74 Å². The lowest BCUT2D eigenvalue weighted by Gasteiger charge is -2.14. The van der Waals surface area contributed by atoms with E-state index in [9.17, 15) is 9.59 Å². The van der Waals surface area contributed by atoms with E-state index in [2.05, 4.69) is 4.99 Å². The summed E-state index contributed by atoms with van der Waals surface area (Å²) in [7, 11) is 0. The van der Waals surface area contributed by atoms with Gasteiger partial charge in [-0.3, -0.25) is 9.69 Å². The highest BCUT2D eigenvalue weighted by Crippen LogP contribution is 2.33. The molecule has 0 radical (unpaired) electrons. The molecular formula is C27H24N2O3. The number of aryl methyl sites for hydroxylation is 1. The van der Waals surface area contributed by atoms with Crippen molar-refractivity contribution in [1.82, 2.24) is 4.90 Å². The number of esters is 1. The third-order valence-electron chi connectivity index (χ3n) is 6.01. The molecule has 0 aliphatic carbocycles. The Bertz CT molecular complexity index is 1270. The predicted octanol–water partition coefficient (Wildman–Crippen LogP) is 5.52. The zero-order chi connectivity index (χ0) is 22.1. The number of carbonyl (C=O) groups is 2. The fourth-order valence-corrected chi connectivity index (χ4v) is 4.25. The molecule has 3 aromatic carbocycles. The van der Waals surface area contributed by atoms with Crippen LogP contribution in [0, 0.1) is 6.92 Å². The molecular weight excluding hydrogens is 400 g/mol. The van der Waals surface area contributed by atoms with Crippen molar-refractivity contribution in [2.75, 3.05) is 6.54 Å². The summed E-state index contributed by atoms with van der Waals surface area (Å²) in [5, 5.41) is 1.91. The van der Waals surface area contributed by atoms with Crippen LogP contribution in [-0.2, 0) is 4.79 Å². The van der Waals surface area contributed by atoms with Gasteiger partial charge in [0.1, 0.15) is 17.3 Å². The number of benzene rings is 3. The van der Waals surface area contributed by atoms with Gasteiger partial charge in [0.05, 0.1) is 5.56 Å². The number of aliphatic imine (C=N–C) groups is 1. The van der Waals surface area contributed by atoms with Gasteiger partial charge in [0, 0.05) is 18.5 Å². The van der Waals surface area contributed by atoms with Crippen LogP contribution in [0.3, 0.4) is 0 Å². The average Bonchev–Trinajstić information content (AvgIpc) is 2.96. The van der Waals surface area contributed by atoms with E-state index in [0.29, 0.717) is 29.1 Å². The first-order chi connectivity index (χ1) is 15.6. The number of hydrogen-bond acceptors (Lipinski definition) is 4. The maximum absolute atomic E-state index is 13.1. The molecule has 1 amide bonds. The minimum absolute atomic E-state index is 0.0781. The van der Waals surface area contributed by atoms with Crippen LogP contribution in [0.5, 0.6) is 5.75 Å². The SMILES string of the molecule is Cc1ccc(C(=O)Oc2ccc3ccccc3c2/C=C2\N=C3CCCCCN3C2=O)cc1.